The van der Waals surface area contributed by atoms with Crippen LogP contribution in [0.4, 0.5) is 10.1 Å². The van der Waals surface area contributed by atoms with Gasteiger partial charge in [-0.05, 0) is 23.8 Å². The molecule has 0 heterocycles. The van der Waals surface area contributed by atoms with Gasteiger partial charge in [0.2, 0.25) is 5.91 Å². The molecule has 0 unspecified atom stereocenters. The molecule has 0 aliphatic carbocycles. The Balaban J connectivity index is 2.34. The summed E-state index contributed by atoms with van der Waals surface area (Å²) in [5, 5.41) is 2.92. The number of benzene rings is 2. The van der Waals surface area contributed by atoms with E-state index < -0.39 is 11.7 Å². The van der Waals surface area contributed by atoms with E-state index in [-0.39, 0.29) is 12.2 Å². The van der Waals surface area contributed by atoms with Gasteiger partial charge in [-0.2, -0.15) is 0 Å². The lowest BCUT2D eigenvalue weighted by Crippen LogP contribution is -2.22. The molecule has 0 spiro atoms. The second kappa shape index (κ2) is 5.82. The fourth-order valence-electron chi connectivity index (χ4n) is 1.68. The molecule has 0 saturated carbocycles. The molecule has 5 heteroatoms. The molecule has 0 fully saturated rings. The van der Waals surface area contributed by atoms with Crippen LogP contribution < -0.4 is 11.1 Å². The van der Waals surface area contributed by atoms with Crippen molar-refractivity contribution >= 4 is 23.2 Å². The molecule has 0 aliphatic heterocycles. The number of carbonyl (C=O) groups is 1. The fraction of sp³-hybridized carbons (Fsp3) is 0.0714. The van der Waals surface area contributed by atoms with Gasteiger partial charge in [0.15, 0.2) is 0 Å². The zero-order valence-electron chi connectivity index (χ0n) is 9.99. The van der Waals surface area contributed by atoms with Gasteiger partial charge >= 0.3 is 0 Å². The third kappa shape index (κ3) is 3.10. The minimum atomic E-state index is -0.529. The molecule has 0 saturated heterocycles. The Kier molecular flexibility index (Phi) is 4.14. The maximum atomic E-state index is 13.9. The number of nitrogens with one attached hydrogen (secondary N) is 1. The molecule has 98 valence electrons. The first kappa shape index (κ1) is 13.5. The molecule has 2 rings (SSSR count). The minimum Gasteiger partial charge on any atom is -0.322 e. The van der Waals surface area contributed by atoms with E-state index in [2.05, 4.69) is 5.32 Å². The van der Waals surface area contributed by atoms with Crippen LogP contribution in [-0.2, 0) is 4.79 Å². The Hall–Kier alpha value is -1.91. The third-order valence-electron chi connectivity index (χ3n) is 2.61. The maximum absolute atomic E-state index is 13.9. The SMILES string of the molecule is NCC(=O)Nc1ccc(-c2ccccc2Cl)cc1F. The van der Waals surface area contributed by atoms with Crippen LogP contribution >= 0.6 is 11.6 Å². The van der Waals surface area contributed by atoms with Crippen LogP contribution in [0, 0.1) is 5.82 Å². The number of anilines is 1. The fourth-order valence-corrected chi connectivity index (χ4v) is 1.93. The van der Waals surface area contributed by atoms with Crippen molar-refractivity contribution in [2.24, 2.45) is 5.73 Å². The number of halogens is 2. The molecule has 2 aromatic carbocycles. The van der Waals surface area contributed by atoms with Crippen LogP contribution in [0.1, 0.15) is 0 Å². The van der Waals surface area contributed by atoms with Gasteiger partial charge in [-0.25, -0.2) is 4.39 Å². The highest BCUT2D eigenvalue weighted by molar-refractivity contribution is 6.33. The van der Waals surface area contributed by atoms with Crippen LogP contribution in [0.5, 0.6) is 0 Å². The van der Waals surface area contributed by atoms with Crippen LogP contribution in [0.15, 0.2) is 42.5 Å². The lowest BCUT2D eigenvalue weighted by Gasteiger charge is -2.08. The van der Waals surface area contributed by atoms with Crippen LogP contribution in [0.3, 0.4) is 0 Å². The van der Waals surface area contributed by atoms with Crippen molar-refractivity contribution in [3.05, 3.63) is 53.3 Å². The molecule has 0 radical (unpaired) electrons. The molecular formula is C14H12ClFN2O. The second-order valence-corrected chi connectivity index (χ2v) is 4.33. The quantitative estimate of drug-likeness (QED) is 0.907. The standard InChI is InChI=1S/C14H12ClFN2O/c15-11-4-2-1-3-10(11)9-5-6-13(12(16)7-9)18-14(19)8-17/h1-7H,8,17H2,(H,18,19). The molecule has 0 bridgehead atoms. The number of hydrogen-bond donors (Lipinski definition) is 2. The Morgan fingerprint density at radius 1 is 1.26 bits per heavy atom. The van der Waals surface area contributed by atoms with Gasteiger partial charge in [0.1, 0.15) is 5.82 Å². The average Bonchev–Trinajstić information content (AvgIpc) is 2.41. The van der Waals surface area contributed by atoms with E-state index in [1.165, 1.54) is 12.1 Å². The highest BCUT2D eigenvalue weighted by Gasteiger charge is 2.09. The molecule has 1 amide bonds. The highest BCUT2D eigenvalue weighted by Crippen LogP contribution is 2.29. The van der Waals surface area contributed by atoms with Crippen LogP contribution in [-0.4, -0.2) is 12.5 Å². The molecule has 2 aromatic rings. The van der Waals surface area contributed by atoms with Crippen molar-refractivity contribution in [1.82, 2.24) is 0 Å². The normalized spacial score (nSPS) is 10.3. The molecule has 0 aliphatic rings. The Labute approximate surface area is 115 Å². The predicted octanol–water partition coefficient (Wildman–Crippen LogP) is 3.04. The maximum Gasteiger partial charge on any atom is 0.238 e. The Morgan fingerprint density at radius 3 is 2.63 bits per heavy atom. The third-order valence-corrected chi connectivity index (χ3v) is 2.94. The van der Waals surface area contributed by atoms with E-state index in [9.17, 15) is 9.18 Å². The van der Waals surface area contributed by atoms with Crippen molar-refractivity contribution in [2.75, 3.05) is 11.9 Å². The number of hydrogen-bond acceptors (Lipinski definition) is 2. The van der Waals surface area contributed by atoms with Gasteiger partial charge < -0.3 is 11.1 Å². The van der Waals surface area contributed by atoms with Gasteiger partial charge in [-0.1, -0.05) is 35.9 Å². The van der Waals surface area contributed by atoms with E-state index in [0.29, 0.717) is 10.6 Å². The van der Waals surface area contributed by atoms with Crippen LogP contribution in [0.25, 0.3) is 11.1 Å². The second-order valence-electron chi connectivity index (χ2n) is 3.93. The van der Waals surface area contributed by atoms with Gasteiger partial charge in [0.25, 0.3) is 0 Å². The smallest absolute Gasteiger partial charge is 0.238 e. The summed E-state index contributed by atoms with van der Waals surface area (Å²) >= 11 is 6.05. The Morgan fingerprint density at radius 2 is 2.00 bits per heavy atom. The van der Waals surface area contributed by atoms with Crippen molar-refractivity contribution in [2.45, 2.75) is 0 Å². The summed E-state index contributed by atoms with van der Waals surface area (Å²) < 4.78 is 13.9. The zero-order valence-corrected chi connectivity index (χ0v) is 10.7. The molecular weight excluding hydrogens is 267 g/mol. The largest absolute Gasteiger partial charge is 0.322 e. The summed E-state index contributed by atoms with van der Waals surface area (Å²) in [5.74, 6) is -0.969. The number of rotatable bonds is 3. The van der Waals surface area contributed by atoms with Gasteiger partial charge in [-0.15, -0.1) is 0 Å². The Bertz CT molecular complexity index is 616. The summed E-state index contributed by atoms with van der Waals surface area (Å²) in [4.78, 5) is 11.1. The summed E-state index contributed by atoms with van der Waals surface area (Å²) in [6, 6.07) is 11.7. The lowest BCUT2D eigenvalue weighted by atomic mass is 10.1. The van der Waals surface area contributed by atoms with Crippen molar-refractivity contribution in [1.29, 1.82) is 0 Å². The zero-order chi connectivity index (χ0) is 13.8. The van der Waals surface area contributed by atoms with Gasteiger partial charge in [0.05, 0.1) is 12.2 Å². The lowest BCUT2D eigenvalue weighted by molar-refractivity contribution is -0.114. The average molecular weight is 279 g/mol. The van der Waals surface area contributed by atoms with E-state index in [1.54, 1.807) is 24.3 Å². The molecule has 19 heavy (non-hydrogen) atoms. The first-order valence-corrected chi connectivity index (χ1v) is 6.04. The summed E-state index contributed by atoms with van der Waals surface area (Å²) in [6.07, 6.45) is 0. The summed E-state index contributed by atoms with van der Waals surface area (Å²) in [6.45, 7) is -0.189. The van der Waals surface area contributed by atoms with E-state index in [0.717, 1.165) is 5.56 Å². The van der Waals surface area contributed by atoms with Gasteiger partial charge in [-0.3, -0.25) is 4.79 Å². The summed E-state index contributed by atoms with van der Waals surface area (Å²) in [7, 11) is 0. The molecule has 0 atom stereocenters. The molecule has 0 aromatic heterocycles. The van der Waals surface area contributed by atoms with E-state index in [4.69, 9.17) is 17.3 Å². The van der Waals surface area contributed by atoms with Gasteiger partial charge in [0, 0.05) is 10.6 Å². The summed E-state index contributed by atoms with van der Waals surface area (Å²) in [5.41, 5.74) is 6.64. The van der Waals surface area contributed by atoms with E-state index >= 15 is 0 Å². The topological polar surface area (TPSA) is 55.1 Å². The van der Waals surface area contributed by atoms with Crippen LogP contribution in [0.2, 0.25) is 5.02 Å². The first-order chi connectivity index (χ1) is 9.11. The van der Waals surface area contributed by atoms with Crippen molar-refractivity contribution in [3.63, 3.8) is 0 Å². The van der Waals surface area contributed by atoms with Crippen molar-refractivity contribution < 1.29 is 9.18 Å². The molecule has 3 N–H and O–H groups in total. The first-order valence-electron chi connectivity index (χ1n) is 5.66. The predicted molar refractivity (Wildman–Crippen MR) is 74.5 cm³/mol. The minimum absolute atomic E-state index is 0.103. The monoisotopic (exact) mass is 278 g/mol. The highest BCUT2D eigenvalue weighted by atomic mass is 35.5. The number of carbonyl (C=O) groups excluding carboxylic acids is 1. The van der Waals surface area contributed by atoms with E-state index in [1.807, 2.05) is 6.07 Å². The number of amides is 1. The van der Waals surface area contributed by atoms with Crippen molar-refractivity contribution in [3.8, 4) is 11.1 Å². The molecule has 3 nitrogen and oxygen atoms in total. The number of nitrogens with two attached hydrogens (primary N) is 1.